The first-order valence-electron chi connectivity index (χ1n) is 19.3. The second-order valence-electron chi connectivity index (χ2n) is 15.2. The number of halogens is 4. The van der Waals surface area contributed by atoms with Crippen molar-refractivity contribution in [2.24, 2.45) is 5.92 Å². The molecule has 2 aliphatic heterocycles. The molecule has 3 aliphatic rings. The summed E-state index contributed by atoms with van der Waals surface area (Å²) in [6.07, 6.45) is 5.58. The van der Waals surface area contributed by atoms with Gasteiger partial charge >= 0.3 is 12.1 Å². The lowest BCUT2D eigenvalue weighted by atomic mass is 9.81. The van der Waals surface area contributed by atoms with Crippen LogP contribution in [0.1, 0.15) is 77.8 Å². The number of anilines is 1. The van der Waals surface area contributed by atoms with E-state index >= 15 is 0 Å². The summed E-state index contributed by atoms with van der Waals surface area (Å²) in [4.78, 5) is 23.3. The number of hydrogen-bond donors (Lipinski definition) is 0. The van der Waals surface area contributed by atoms with Crippen LogP contribution in [0.3, 0.4) is 0 Å². The Morgan fingerprint density at radius 2 is 1.60 bits per heavy atom. The highest BCUT2D eigenvalue weighted by molar-refractivity contribution is 6.30. The van der Waals surface area contributed by atoms with Crippen LogP contribution in [0.4, 0.5) is 24.5 Å². The van der Waals surface area contributed by atoms with E-state index < -0.39 is 12.1 Å². The second kappa shape index (κ2) is 18.6. The van der Waals surface area contributed by atoms with Crippen LogP contribution in [0.25, 0.3) is 0 Å². The largest absolute Gasteiger partial charge is 0.542 e. The van der Waals surface area contributed by atoms with E-state index in [0.29, 0.717) is 38.3 Å². The van der Waals surface area contributed by atoms with Crippen molar-refractivity contribution in [1.29, 1.82) is 0 Å². The number of para-hydroxylation sites is 3. The fourth-order valence-corrected chi connectivity index (χ4v) is 8.05. The highest BCUT2D eigenvalue weighted by Crippen LogP contribution is 2.47. The Morgan fingerprint density at radius 1 is 0.947 bits per heavy atom. The molecule has 1 atom stereocenters. The first-order valence-corrected chi connectivity index (χ1v) is 19.7. The molecule has 1 unspecified atom stereocenters. The molecule has 0 N–H and O–H groups in total. The van der Waals surface area contributed by atoms with Gasteiger partial charge in [-0.05, 0) is 95.7 Å². The van der Waals surface area contributed by atoms with Gasteiger partial charge in [0, 0.05) is 59.3 Å². The molecule has 2 heterocycles. The molecule has 0 amide bonds. The van der Waals surface area contributed by atoms with E-state index in [9.17, 15) is 18.0 Å². The van der Waals surface area contributed by atoms with Crippen LogP contribution in [0, 0.1) is 5.92 Å². The van der Waals surface area contributed by atoms with Crippen molar-refractivity contribution in [2.45, 2.75) is 83.7 Å². The number of hydrogen-bond acceptors (Lipinski definition) is 6. The Morgan fingerprint density at radius 3 is 2.28 bits per heavy atom. The average Bonchev–Trinajstić information content (AvgIpc) is 3.53. The molecule has 3 aromatic rings. The van der Waals surface area contributed by atoms with Crippen molar-refractivity contribution in [3.05, 3.63) is 130 Å². The number of nitrogens with zero attached hydrogens (tertiary/aromatic N) is 2. The summed E-state index contributed by atoms with van der Waals surface area (Å²) in [7, 11) is 0. The molecular formula is C46H50ClF3N2O5. The Hall–Kier alpha value is -4.89. The number of esters is 1. The zero-order valence-corrected chi connectivity index (χ0v) is 33.9. The van der Waals surface area contributed by atoms with Gasteiger partial charge in [-0.1, -0.05) is 72.3 Å². The molecule has 11 heteroatoms. The number of aliphatic carboxylic acids is 1. The zero-order chi connectivity index (χ0) is 41.4. The standard InChI is InChI=1S/C44H50ClN2O3.C2HF3O2/c1-6-46-37-22-12-10-20-35(37)43(2,3)39(46)27-25-32-16-14-17-33(42(32)45)26-28-40-44(4,5)36-21-11-13-23-38(36)47(40)29-31-49-30-15-24-41(48)50-34-18-8-7-9-19-34;3-2(4,5)1(6)7/h7-13,18-23,25-27,33H,6,14-17,24,29-31H2,1-5H3;(H,6,7)/q+1;/p-1/b27-25+;. The molecule has 57 heavy (non-hydrogen) atoms. The summed E-state index contributed by atoms with van der Waals surface area (Å²) < 4.78 is 45.4. The van der Waals surface area contributed by atoms with Gasteiger partial charge in [0.1, 0.15) is 18.3 Å². The van der Waals surface area contributed by atoms with E-state index in [2.05, 4.69) is 117 Å². The maximum atomic E-state index is 12.2. The molecule has 302 valence electrons. The third-order valence-electron chi connectivity index (χ3n) is 10.6. The SMILES string of the molecule is CC[N+]1=C(/C=C/C2=C(Cl)C(C=C=C3N(CCOCCCC(=O)Oc4ccccc4)c4ccccc4C3(C)C)CCC2)C(C)(C)c2ccccc21.O=C([O-])C(F)(F)F. The first kappa shape index (κ1) is 43.2. The van der Waals surface area contributed by atoms with Gasteiger partial charge in [-0.3, -0.25) is 4.79 Å². The summed E-state index contributed by atoms with van der Waals surface area (Å²) in [6.45, 7) is 14.0. The van der Waals surface area contributed by atoms with Gasteiger partial charge in [-0.25, -0.2) is 0 Å². The number of fused-ring (bicyclic) bond motifs is 2. The molecule has 0 spiro atoms. The second-order valence-corrected chi connectivity index (χ2v) is 15.6. The Balaban J connectivity index is 0.000000811. The maximum absolute atomic E-state index is 12.2. The van der Waals surface area contributed by atoms with Crippen molar-refractivity contribution in [3.8, 4) is 5.75 Å². The van der Waals surface area contributed by atoms with Crippen LogP contribution >= 0.6 is 11.6 Å². The third-order valence-corrected chi connectivity index (χ3v) is 11.2. The minimum atomic E-state index is -5.19. The van der Waals surface area contributed by atoms with Gasteiger partial charge < -0.3 is 24.3 Å². The number of ether oxygens (including phenoxy) is 2. The molecule has 7 nitrogen and oxygen atoms in total. The van der Waals surface area contributed by atoms with E-state index in [-0.39, 0.29) is 22.7 Å². The molecule has 0 bridgehead atoms. The topological polar surface area (TPSA) is 81.9 Å². The lowest BCUT2D eigenvalue weighted by molar-refractivity contribution is -0.433. The van der Waals surface area contributed by atoms with Gasteiger partial charge in [0.15, 0.2) is 5.71 Å². The van der Waals surface area contributed by atoms with Crippen molar-refractivity contribution >= 4 is 40.6 Å². The summed E-state index contributed by atoms with van der Waals surface area (Å²) in [5.41, 5.74) is 12.3. The smallest absolute Gasteiger partial charge is 0.430 e. The lowest BCUT2D eigenvalue weighted by Gasteiger charge is -2.26. The third kappa shape index (κ3) is 10.2. The van der Waals surface area contributed by atoms with Crippen molar-refractivity contribution in [2.75, 3.05) is 31.2 Å². The summed E-state index contributed by atoms with van der Waals surface area (Å²) in [5, 5.41) is 9.71. The van der Waals surface area contributed by atoms with Crippen LogP contribution in [0.2, 0.25) is 0 Å². The molecule has 0 aromatic heterocycles. The minimum Gasteiger partial charge on any atom is -0.542 e. The number of allylic oxidation sites excluding steroid dienone is 5. The first-order chi connectivity index (χ1) is 27.1. The lowest BCUT2D eigenvalue weighted by Crippen LogP contribution is -2.37. The molecule has 0 saturated heterocycles. The van der Waals surface area contributed by atoms with E-state index in [4.69, 9.17) is 31.0 Å². The van der Waals surface area contributed by atoms with Crippen LogP contribution < -0.4 is 14.7 Å². The number of carboxylic acids is 1. The fourth-order valence-electron chi connectivity index (χ4n) is 7.72. The zero-order valence-electron chi connectivity index (χ0n) is 33.1. The molecule has 3 aromatic carbocycles. The van der Waals surface area contributed by atoms with E-state index in [1.54, 1.807) is 12.1 Å². The summed E-state index contributed by atoms with van der Waals surface area (Å²) >= 11 is 7.20. The number of benzene rings is 3. The molecule has 6 rings (SSSR count). The predicted octanol–water partition coefficient (Wildman–Crippen LogP) is 9.47. The van der Waals surface area contributed by atoms with Gasteiger partial charge in [0.2, 0.25) is 5.69 Å². The minimum absolute atomic E-state index is 0.0705. The van der Waals surface area contributed by atoms with Gasteiger partial charge in [-0.2, -0.15) is 17.7 Å². The van der Waals surface area contributed by atoms with E-state index in [0.717, 1.165) is 36.5 Å². The highest BCUT2D eigenvalue weighted by Gasteiger charge is 2.44. The summed E-state index contributed by atoms with van der Waals surface area (Å²) in [6, 6.07) is 26.5. The Bertz CT molecular complexity index is 2100. The van der Waals surface area contributed by atoms with Crippen molar-refractivity contribution < 1.29 is 41.9 Å². The van der Waals surface area contributed by atoms with Crippen LogP contribution in [-0.2, 0) is 25.2 Å². The normalized spacial score (nSPS) is 18.2. The van der Waals surface area contributed by atoms with Gasteiger partial charge in [0.05, 0.1) is 17.7 Å². The number of carboxylic acid groups (broad SMARTS) is 1. The number of alkyl halides is 3. The van der Waals surface area contributed by atoms with Crippen molar-refractivity contribution in [3.63, 3.8) is 0 Å². The molecule has 0 radical (unpaired) electrons. The monoisotopic (exact) mass is 802 g/mol. The molecule has 0 saturated carbocycles. The Kier molecular flexibility index (Phi) is 14.1. The number of carbonyl (C=O) groups excluding carboxylic acids is 2. The quantitative estimate of drug-likeness (QED) is 0.0597. The van der Waals surface area contributed by atoms with E-state index in [1.165, 1.54) is 33.8 Å². The average molecular weight is 803 g/mol. The van der Waals surface area contributed by atoms with Gasteiger partial charge in [-0.15, -0.1) is 5.73 Å². The Labute approximate surface area is 338 Å². The molecule has 0 fully saturated rings. The van der Waals surface area contributed by atoms with Crippen LogP contribution in [0.15, 0.2) is 119 Å². The van der Waals surface area contributed by atoms with Crippen LogP contribution in [-0.4, -0.2) is 54.7 Å². The summed E-state index contributed by atoms with van der Waals surface area (Å²) in [5.74, 6) is -2.56. The molecular weight excluding hydrogens is 753 g/mol. The van der Waals surface area contributed by atoms with E-state index in [1.807, 2.05) is 18.2 Å². The highest BCUT2D eigenvalue weighted by atomic mass is 35.5. The molecule has 1 aliphatic carbocycles. The number of rotatable bonds is 12. The van der Waals surface area contributed by atoms with Crippen molar-refractivity contribution in [1.82, 2.24) is 0 Å². The maximum Gasteiger partial charge on any atom is 0.430 e. The van der Waals surface area contributed by atoms with Crippen LogP contribution in [0.5, 0.6) is 5.75 Å². The number of carbonyl (C=O) groups is 2. The predicted molar refractivity (Wildman–Crippen MR) is 216 cm³/mol. The fraction of sp³-hybridized carbons (Fsp3) is 0.391. The van der Waals surface area contributed by atoms with Gasteiger partial charge in [0.25, 0.3) is 0 Å².